The summed E-state index contributed by atoms with van der Waals surface area (Å²) in [6.07, 6.45) is 1.75. The number of benzene rings is 2. The SMILES string of the molecule is Cc1nc(-c2cccc(-c3cccc(-c4ccn[nH]4)c3)c2)no1. The second-order valence-electron chi connectivity index (χ2n) is 5.27. The first-order valence-corrected chi connectivity index (χ1v) is 7.30. The Balaban J connectivity index is 1.75. The molecule has 1 N–H and O–H groups in total. The fourth-order valence-electron chi connectivity index (χ4n) is 2.54. The van der Waals surface area contributed by atoms with Crippen LogP contribution in [0.25, 0.3) is 33.8 Å². The lowest BCUT2D eigenvalue weighted by Crippen LogP contribution is -1.85. The van der Waals surface area contributed by atoms with Gasteiger partial charge in [0.2, 0.25) is 11.7 Å². The van der Waals surface area contributed by atoms with Crippen molar-refractivity contribution in [3.05, 3.63) is 66.7 Å². The molecule has 0 saturated carbocycles. The minimum absolute atomic E-state index is 0.562. The largest absolute Gasteiger partial charge is 0.339 e. The standard InChI is InChI=1S/C18H14N4O/c1-12-20-18(22-23-12)16-7-3-5-14(11-16)13-4-2-6-15(10-13)17-8-9-19-21-17/h2-11H,1H3,(H,19,21). The van der Waals surface area contributed by atoms with Gasteiger partial charge in [-0.05, 0) is 29.3 Å². The molecule has 4 aromatic rings. The van der Waals surface area contributed by atoms with Gasteiger partial charge in [-0.3, -0.25) is 5.10 Å². The van der Waals surface area contributed by atoms with E-state index in [9.17, 15) is 0 Å². The summed E-state index contributed by atoms with van der Waals surface area (Å²) in [5.41, 5.74) is 5.26. The van der Waals surface area contributed by atoms with Crippen LogP contribution in [0.1, 0.15) is 5.89 Å². The van der Waals surface area contributed by atoms with Crippen LogP contribution in [0.5, 0.6) is 0 Å². The summed E-state index contributed by atoms with van der Waals surface area (Å²) in [5, 5.41) is 11.0. The van der Waals surface area contributed by atoms with Crippen LogP contribution >= 0.6 is 0 Å². The van der Waals surface area contributed by atoms with Gasteiger partial charge < -0.3 is 4.52 Å². The Hall–Kier alpha value is -3.21. The van der Waals surface area contributed by atoms with Crippen LogP contribution < -0.4 is 0 Å². The summed E-state index contributed by atoms with van der Waals surface area (Å²) < 4.78 is 5.06. The average molecular weight is 302 g/mol. The van der Waals surface area contributed by atoms with Crippen molar-refractivity contribution in [2.45, 2.75) is 6.92 Å². The lowest BCUT2D eigenvalue weighted by molar-refractivity contribution is 0.394. The van der Waals surface area contributed by atoms with Crippen molar-refractivity contribution in [2.24, 2.45) is 0 Å². The molecule has 112 valence electrons. The Labute approximate surface area is 133 Å². The molecule has 5 heteroatoms. The van der Waals surface area contributed by atoms with Gasteiger partial charge in [0.05, 0.1) is 5.69 Å². The normalized spacial score (nSPS) is 10.8. The Kier molecular flexibility index (Phi) is 3.24. The molecule has 4 rings (SSSR count). The third kappa shape index (κ3) is 2.64. The van der Waals surface area contributed by atoms with Crippen LogP contribution in [0.3, 0.4) is 0 Å². The topological polar surface area (TPSA) is 67.6 Å². The second kappa shape index (κ2) is 5.53. The van der Waals surface area contributed by atoms with E-state index in [-0.39, 0.29) is 0 Å². The van der Waals surface area contributed by atoms with Crippen molar-refractivity contribution in [2.75, 3.05) is 0 Å². The smallest absolute Gasteiger partial charge is 0.223 e. The molecule has 0 radical (unpaired) electrons. The zero-order chi connectivity index (χ0) is 15.6. The van der Waals surface area contributed by atoms with E-state index < -0.39 is 0 Å². The van der Waals surface area contributed by atoms with Crippen molar-refractivity contribution >= 4 is 0 Å². The average Bonchev–Trinajstić information content (AvgIpc) is 3.27. The van der Waals surface area contributed by atoms with Gasteiger partial charge in [0.25, 0.3) is 0 Å². The molecule has 0 unspecified atom stereocenters. The second-order valence-corrected chi connectivity index (χ2v) is 5.27. The first kappa shape index (κ1) is 13.5. The number of hydrogen-bond acceptors (Lipinski definition) is 4. The van der Waals surface area contributed by atoms with Gasteiger partial charge in [-0.2, -0.15) is 10.1 Å². The lowest BCUT2D eigenvalue weighted by Gasteiger charge is -2.05. The fourth-order valence-corrected chi connectivity index (χ4v) is 2.54. The van der Waals surface area contributed by atoms with E-state index in [0.29, 0.717) is 11.7 Å². The molecule has 0 atom stereocenters. The Morgan fingerprint density at radius 3 is 2.22 bits per heavy atom. The molecule has 5 nitrogen and oxygen atoms in total. The number of rotatable bonds is 3. The molecule has 0 amide bonds. The van der Waals surface area contributed by atoms with Crippen molar-refractivity contribution in [3.8, 4) is 33.8 Å². The van der Waals surface area contributed by atoms with E-state index in [2.05, 4.69) is 50.7 Å². The van der Waals surface area contributed by atoms with E-state index in [1.54, 1.807) is 13.1 Å². The summed E-state index contributed by atoms with van der Waals surface area (Å²) in [4.78, 5) is 4.28. The molecule has 2 aromatic heterocycles. The number of aromatic nitrogens is 4. The Morgan fingerprint density at radius 2 is 1.57 bits per heavy atom. The lowest BCUT2D eigenvalue weighted by atomic mass is 10.00. The molecule has 0 saturated heterocycles. The monoisotopic (exact) mass is 302 g/mol. The van der Waals surface area contributed by atoms with E-state index >= 15 is 0 Å². The van der Waals surface area contributed by atoms with E-state index in [1.165, 1.54) is 0 Å². The number of hydrogen-bond donors (Lipinski definition) is 1. The van der Waals surface area contributed by atoms with E-state index in [4.69, 9.17) is 4.52 Å². The molecular formula is C18H14N4O. The molecule has 2 heterocycles. The number of aromatic amines is 1. The zero-order valence-corrected chi connectivity index (χ0v) is 12.5. The minimum atomic E-state index is 0.562. The van der Waals surface area contributed by atoms with Crippen LogP contribution in [0, 0.1) is 6.92 Å². The maximum absolute atomic E-state index is 5.06. The number of aryl methyl sites for hydroxylation is 1. The molecule has 23 heavy (non-hydrogen) atoms. The first-order chi connectivity index (χ1) is 11.3. The molecule has 0 spiro atoms. The zero-order valence-electron chi connectivity index (χ0n) is 12.5. The predicted octanol–water partition coefficient (Wildman–Crippen LogP) is 4.10. The fraction of sp³-hybridized carbons (Fsp3) is 0.0556. The highest BCUT2D eigenvalue weighted by Crippen LogP contribution is 2.28. The Morgan fingerprint density at radius 1 is 0.870 bits per heavy atom. The maximum Gasteiger partial charge on any atom is 0.223 e. The van der Waals surface area contributed by atoms with Crippen molar-refractivity contribution in [1.82, 2.24) is 20.3 Å². The quantitative estimate of drug-likeness (QED) is 0.618. The molecule has 0 aliphatic carbocycles. The highest BCUT2D eigenvalue weighted by molar-refractivity contribution is 5.74. The third-order valence-electron chi connectivity index (χ3n) is 3.66. The van der Waals surface area contributed by atoms with Gasteiger partial charge in [0.1, 0.15) is 0 Å². The van der Waals surface area contributed by atoms with Gasteiger partial charge in [-0.1, -0.05) is 41.6 Å². The predicted molar refractivity (Wildman–Crippen MR) is 87.5 cm³/mol. The molecule has 0 aliphatic heterocycles. The van der Waals surface area contributed by atoms with Gasteiger partial charge >= 0.3 is 0 Å². The highest BCUT2D eigenvalue weighted by Gasteiger charge is 2.08. The van der Waals surface area contributed by atoms with Crippen molar-refractivity contribution in [3.63, 3.8) is 0 Å². The number of nitrogens with one attached hydrogen (secondary N) is 1. The van der Waals surface area contributed by atoms with Crippen LogP contribution in [-0.2, 0) is 0 Å². The van der Waals surface area contributed by atoms with Gasteiger partial charge in [0, 0.05) is 24.2 Å². The van der Waals surface area contributed by atoms with Crippen molar-refractivity contribution in [1.29, 1.82) is 0 Å². The number of H-pyrrole nitrogens is 1. The maximum atomic E-state index is 5.06. The summed E-state index contributed by atoms with van der Waals surface area (Å²) >= 11 is 0. The van der Waals surface area contributed by atoms with Gasteiger partial charge in [0.15, 0.2) is 0 Å². The van der Waals surface area contributed by atoms with Crippen LogP contribution in [0.4, 0.5) is 0 Å². The van der Waals surface area contributed by atoms with Gasteiger partial charge in [-0.15, -0.1) is 0 Å². The van der Waals surface area contributed by atoms with Crippen LogP contribution in [0.15, 0.2) is 65.3 Å². The summed E-state index contributed by atoms with van der Waals surface area (Å²) in [5.74, 6) is 1.17. The van der Waals surface area contributed by atoms with Crippen molar-refractivity contribution < 1.29 is 4.52 Å². The number of nitrogens with zero attached hydrogens (tertiary/aromatic N) is 3. The minimum Gasteiger partial charge on any atom is -0.339 e. The molecule has 0 fully saturated rings. The van der Waals surface area contributed by atoms with E-state index in [1.807, 2.05) is 24.3 Å². The third-order valence-corrected chi connectivity index (χ3v) is 3.66. The highest BCUT2D eigenvalue weighted by atomic mass is 16.5. The molecule has 2 aromatic carbocycles. The molecule has 0 bridgehead atoms. The first-order valence-electron chi connectivity index (χ1n) is 7.30. The van der Waals surface area contributed by atoms with Crippen LogP contribution in [0.2, 0.25) is 0 Å². The summed E-state index contributed by atoms with van der Waals surface area (Å²) in [6.45, 7) is 1.79. The summed E-state index contributed by atoms with van der Waals surface area (Å²) in [6, 6.07) is 18.4. The van der Waals surface area contributed by atoms with E-state index in [0.717, 1.165) is 27.9 Å². The Bertz CT molecular complexity index is 941. The molecular weight excluding hydrogens is 288 g/mol. The van der Waals surface area contributed by atoms with Gasteiger partial charge in [-0.25, -0.2) is 0 Å². The van der Waals surface area contributed by atoms with Crippen LogP contribution in [-0.4, -0.2) is 20.3 Å². The summed E-state index contributed by atoms with van der Waals surface area (Å²) in [7, 11) is 0. The molecule has 0 aliphatic rings.